The van der Waals surface area contributed by atoms with E-state index in [2.05, 4.69) is 22.5 Å². The third kappa shape index (κ3) is 3.96. The Morgan fingerprint density at radius 1 is 1.23 bits per heavy atom. The Balaban J connectivity index is 1.33. The first-order valence-corrected chi connectivity index (χ1v) is 11.9. The van der Waals surface area contributed by atoms with Crippen LogP contribution in [0.5, 0.6) is 0 Å². The first-order valence-electron chi connectivity index (χ1n) is 11.9. The fourth-order valence-electron chi connectivity index (χ4n) is 6.11. The summed E-state index contributed by atoms with van der Waals surface area (Å²) in [4.78, 5) is 7.43. The van der Waals surface area contributed by atoms with Gasteiger partial charge >= 0.3 is 0 Å². The second-order valence-electron chi connectivity index (χ2n) is 9.39. The molecular formula is C24H35FN4O2. The van der Waals surface area contributed by atoms with Gasteiger partial charge in [0.05, 0.1) is 31.9 Å². The van der Waals surface area contributed by atoms with Crippen molar-refractivity contribution in [2.75, 3.05) is 46.0 Å². The average molecular weight is 431 g/mol. The highest BCUT2D eigenvalue weighted by molar-refractivity contribution is 5.80. The predicted octanol–water partition coefficient (Wildman–Crippen LogP) is 2.71. The summed E-state index contributed by atoms with van der Waals surface area (Å²) in [6.07, 6.45) is 5.42. The quantitative estimate of drug-likeness (QED) is 0.537. The summed E-state index contributed by atoms with van der Waals surface area (Å²) in [5, 5.41) is 7.25. The third-order valence-electron chi connectivity index (χ3n) is 7.84. The van der Waals surface area contributed by atoms with E-state index in [0.29, 0.717) is 30.0 Å². The minimum absolute atomic E-state index is 0.113. The molecule has 4 fully saturated rings. The Hall–Kier alpha value is -1.70. The highest BCUT2D eigenvalue weighted by Gasteiger charge is 2.66. The summed E-state index contributed by atoms with van der Waals surface area (Å²) < 4.78 is 25.2. The molecule has 7 heteroatoms. The van der Waals surface area contributed by atoms with E-state index in [0.717, 1.165) is 57.4 Å². The van der Waals surface area contributed by atoms with Crippen LogP contribution in [0.1, 0.15) is 44.2 Å². The van der Waals surface area contributed by atoms with Gasteiger partial charge in [0.25, 0.3) is 0 Å². The van der Waals surface area contributed by atoms with Gasteiger partial charge in [0.1, 0.15) is 5.82 Å². The van der Waals surface area contributed by atoms with E-state index in [1.165, 1.54) is 19.3 Å². The maximum absolute atomic E-state index is 13.5. The van der Waals surface area contributed by atoms with Gasteiger partial charge in [0, 0.05) is 43.6 Å². The molecule has 2 heterocycles. The Labute approximate surface area is 184 Å². The van der Waals surface area contributed by atoms with E-state index in [-0.39, 0.29) is 11.9 Å². The number of benzene rings is 1. The van der Waals surface area contributed by atoms with Gasteiger partial charge < -0.3 is 20.1 Å². The molecule has 6 nitrogen and oxygen atoms in total. The fraction of sp³-hybridized carbons (Fsp3) is 0.708. The lowest BCUT2D eigenvalue weighted by Crippen LogP contribution is -2.72. The maximum Gasteiger partial charge on any atom is 0.191 e. The van der Waals surface area contributed by atoms with Crippen molar-refractivity contribution < 1.29 is 13.9 Å². The molecule has 4 aliphatic rings. The van der Waals surface area contributed by atoms with Gasteiger partial charge in [-0.15, -0.1) is 0 Å². The van der Waals surface area contributed by atoms with E-state index in [4.69, 9.17) is 14.5 Å². The molecule has 0 radical (unpaired) electrons. The van der Waals surface area contributed by atoms with E-state index >= 15 is 0 Å². The zero-order valence-electron chi connectivity index (χ0n) is 18.5. The van der Waals surface area contributed by atoms with Crippen LogP contribution < -0.4 is 10.6 Å². The molecular weight excluding hydrogens is 395 g/mol. The second-order valence-corrected chi connectivity index (χ2v) is 9.39. The Morgan fingerprint density at radius 3 is 2.68 bits per heavy atom. The number of hydrogen-bond donors (Lipinski definition) is 2. The standard InChI is InChI=1S/C24H35FN4O2/c1-2-26-23(28-21-19-8-13-31-22(19)24(21)9-3-10-24)27-16-20(29-11-14-30-15-12-29)17-4-6-18(25)7-5-17/h4-7,19-22H,2-3,8-16H2,1H3,(H2,26,27,28). The molecule has 2 aliphatic heterocycles. The first-order chi connectivity index (χ1) is 15.2. The van der Waals surface area contributed by atoms with Crippen LogP contribution >= 0.6 is 0 Å². The molecule has 2 saturated heterocycles. The number of nitrogens with one attached hydrogen (secondary N) is 2. The zero-order valence-corrected chi connectivity index (χ0v) is 18.5. The predicted molar refractivity (Wildman–Crippen MR) is 119 cm³/mol. The normalized spacial score (nSPS) is 30.9. The van der Waals surface area contributed by atoms with Crippen molar-refractivity contribution in [3.8, 4) is 0 Å². The maximum atomic E-state index is 13.5. The summed E-state index contributed by atoms with van der Waals surface area (Å²) in [5.74, 6) is 1.30. The molecule has 170 valence electrons. The molecule has 2 saturated carbocycles. The number of guanidine groups is 1. The fourth-order valence-corrected chi connectivity index (χ4v) is 6.11. The highest BCUT2D eigenvalue weighted by Crippen LogP contribution is 2.62. The summed E-state index contributed by atoms with van der Waals surface area (Å²) in [5.41, 5.74) is 1.42. The minimum atomic E-state index is -0.202. The summed E-state index contributed by atoms with van der Waals surface area (Å²) in [6.45, 7) is 7.66. The van der Waals surface area contributed by atoms with Crippen molar-refractivity contribution >= 4 is 5.96 Å². The summed E-state index contributed by atoms with van der Waals surface area (Å²) in [7, 11) is 0. The molecule has 0 bridgehead atoms. The van der Waals surface area contributed by atoms with Gasteiger partial charge in [-0.1, -0.05) is 18.6 Å². The van der Waals surface area contributed by atoms with Crippen LogP contribution in [0.25, 0.3) is 0 Å². The van der Waals surface area contributed by atoms with Gasteiger partial charge in [-0.3, -0.25) is 9.89 Å². The lowest BCUT2D eigenvalue weighted by atomic mass is 9.46. The number of ether oxygens (including phenoxy) is 2. The monoisotopic (exact) mass is 430 g/mol. The molecule has 2 N–H and O–H groups in total. The van der Waals surface area contributed by atoms with Crippen LogP contribution in [0.2, 0.25) is 0 Å². The molecule has 0 aromatic heterocycles. The largest absolute Gasteiger partial charge is 0.379 e. The van der Waals surface area contributed by atoms with Gasteiger partial charge in [0.2, 0.25) is 0 Å². The van der Waals surface area contributed by atoms with Crippen LogP contribution in [0.15, 0.2) is 29.3 Å². The number of nitrogens with zero attached hydrogens (tertiary/aromatic N) is 2. The molecule has 1 aromatic rings. The summed E-state index contributed by atoms with van der Waals surface area (Å²) >= 11 is 0. The van der Waals surface area contributed by atoms with E-state index < -0.39 is 0 Å². The van der Waals surface area contributed by atoms with Crippen LogP contribution in [-0.2, 0) is 9.47 Å². The SMILES string of the molecule is CCNC(=NCC(c1ccc(F)cc1)N1CCOCC1)NC1C2CCOC2C12CCC2. The number of fused-ring (bicyclic) bond motifs is 2. The molecule has 1 spiro atoms. The van der Waals surface area contributed by atoms with Crippen LogP contribution in [0, 0.1) is 17.2 Å². The number of hydrogen-bond acceptors (Lipinski definition) is 4. The topological polar surface area (TPSA) is 58.1 Å². The molecule has 1 aromatic carbocycles. The number of rotatable bonds is 6. The first kappa shape index (κ1) is 21.2. The zero-order chi connectivity index (χ0) is 21.3. The number of aliphatic imine (C=N–C) groups is 1. The van der Waals surface area contributed by atoms with Gasteiger partial charge in [0.15, 0.2) is 5.96 Å². The van der Waals surface area contributed by atoms with Crippen molar-refractivity contribution in [2.45, 2.75) is 50.8 Å². The van der Waals surface area contributed by atoms with Crippen LogP contribution in [-0.4, -0.2) is 69.0 Å². The summed E-state index contributed by atoms with van der Waals surface area (Å²) in [6, 6.07) is 7.44. The Bertz CT molecular complexity index is 776. The van der Waals surface area contributed by atoms with E-state index in [9.17, 15) is 4.39 Å². The molecule has 0 amide bonds. The van der Waals surface area contributed by atoms with Gasteiger partial charge in [-0.05, 0) is 43.9 Å². The van der Waals surface area contributed by atoms with Crippen LogP contribution in [0.3, 0.4) is 0 Å². The van der Waals surface area contributed by atoms with E-state index in [1.54, 1.807) is 12.1 Å². The third-order valence-corrected chi connectivity index (χ3v) is 7.84. The van der Waals surface area contributed by atoms with E-state index in [1.807, 2.05) is 12.1 Å². The highest BCUT2D eigenvalue weighted by atomic mass is 19.1. The van der Waals surface area contributed by atoms with Crippen molar-refractivity contribution in [1.29, 1.82) is 0 Å². The lowest BCUT2D eigenvalue weighted by Gasteiger charge is -2.63. The van der Waals surface area contributed by atoms with Crippen LogP contribution in [0.4, 0.5) is 4.39 Å². The number of halogens is 1. The molecule has 4 atom stereocenters. The average Bonchev–Trinajstić information content (AvgIpc) is 3.18. The van der Waals surface area contributed by atoms with Gasteiger partial charge in [-0.2, -0.15) is 0 Å². The molecule has 31 heavy (non-hydrogen) atoms. The van der Waals surface area contributed by atoms with Crippen molar-refractivity contribution in [3.63, 3.8) is 0 Å². The lowest BCUT2D eigenvalue weighted by molar-refractivity contribution is -0.171. The van der Waals surface area contributed by atoms with Crippen molar-refractivity contribution in [3.05, 3.63) is 35.6 Å². The minimum Gasteiger partial charge on any atom is -0.379 e. The molecule has 4 unspecified atom stereocenters. The van der Waals surface area contributed by atoms with Crippen molar-refractivity contribution in [1.82, 2.24) is 15.5 Å². The van der Waals surface area contributed by atoms with Crippen molar-refractivity contribution in [2.24, 2.45) is 16.3 Å². The van der Waals surface area contributed by atoms with Gasteiger partial charge in [-0.25, -0.2) is 4.39 Å². The molecule has 5 rings (SSSR count). The smallest absolute Gasteiger partial charge is 0.191 e. The molecule has 2 aliphatic carbocycles. The Morgan fingerprint density at radius 2 is 2.00 bits per heavy atom. The second kappa shape index (κ2) is 9.04. The Kier molecular flexibility index (Phi) is 6.17. The number of morpholine rings is 1.